The van der Waals surface area contributed by atoms with Gasteiger partial charge in [0.1, 0.15) is 0 Å². The average molecular weight is 290 g/mol. The number of carbonyl (C=O) groups is 2. The number of allylic oxidation sites excluding steroid dienone is 2. The molecule has 5 nitrogen and oxygen atoms in total. The molecule has 1 aromatic carbocycles. The van der Waals surface area contributed by atoms with Crippen LogP contribution in [0.4, 0.5) is 4.79 Å². The molecule has 1 amide bonds. The Bertz CT molecular complexity index is 555. The fourth-order valence-corrected chi connectivity index (χ4v) is 2.24. The number of ketones is 1. The van der Waals surface area contributed by atoms with Crippen LogP contribution in [0.15, 0.2) is 41.8 Å². The summed E-state index contributed by atoms with van der Waals surface area (Å²) in [5, 5.41) is 0. The first-order valence-electron chi connectivity index (χ1n) is 6.63. The molecule has 0 aliphatic heterocycles. The maximum Gasteiger partial charge on any atom is 0.410 e. The third-order valence-corrected chi connectivity index (χ3v) is 2.82. The lowest BCUT2D eigenvalue weighted by Gasteiger charge is -2.31. The van der Waals surface area contributed by atoms with Gasteiger partial charge in [-0.15, -0.1) is 0 Å². The summed E-state index contributed by atoms with van der Waals surface area (Å²) in [5.41, 5.74) is 5.78. The van der Waals surface area contributed by atoms with Crippen molar-refractivity contribution in [2.75, 3.05) is 14.1 Å². The maximum absolute atomic E-state index is 12.7. The zero-order valence-corrected chi connectivity index (χ0v) is 13.1. The van der Waals surface area contributed by atoms with E-state index in [2.05, 4.69) is 0 Å². The minimum absolute atomic E-state index is 0.0359. The Hall–Kier alpha value is -2.30. The zero-order chi connectivity index (χ0) is 16.2. The highest BCUT2D eigenvalue weighted by molar-refractivity contribution is 6.08. The van der Waals surface area contributed by atoms with Gasteiger partial charge >= 0.3 is 6.09 Å². The molecular weight excluding hydrogens is 268 g/mol. The van der Waals surface area contributed by atoms with Gasteiger partial charge in [0.25, 0.3) is 0 Å². The van der Waals surface area contributed by atoms with Crippen LogP contribution in [0.3, 0.4) is 0 Å². The normalized spacial score (nSPS) is 12.4. The maximum atomic E-state index is 12.7. The molecule has 1 aromatic rings. The topological polar surface area (TPSA) is 72.6 Å². The fourth-order valence-electron chi connectivity index (χ4n) is 2.24. The standard InChI is InChI=1S/C16H22N2O3/c1-16(2,3)14(18(4)5)13(21-15(17)20)12(19)11-9-7-6-8-10-11/h6-10H,1-5H3,(H2,17,20)/b14-13+. The third kappa shape index (κ3) is 4.34. The molecule has 0 saturated carbocycles. The second-order valence-corrected chi connectivity index (χ2v) is 5.94. The molecule has 0 unspecified atom stereocenters. The number of rotatable bonds is 4. The molecular formula is C16H22N2O3. The number of hydrogen-bond acceptors (Lipinski definition) is 4. The predicted molar refractivity (Wildman–Crippen MR) is 81.6 cm³/mol. The number of Topliss-reactive ketones (excluding diaryl/α,β-unsaturated/α-hetero) is 1. The summed E-state index contributed by atoms with van der Waals surface area (Å²) >= 11 is 0. The summed E-state index contributed by atoms with van der Waals surface area (Å²) in [6.07, 6.45) is -1.00. The van der Waals surface area contributed by atoms with E-state index in [9.17, 15) is 9.59 Å². The van der Waals surface area contributed by atoms with Crippen molar-refractivity contribution in [1.82, 2.24) is 4.90 Å². The summed E-state index contributed by atoms with van der Waals surface area (Å²) < 4.78 is 5.04. The Morgan fingerprint density at radius 2 is 1.62 bits per heavy atom. The number of benzene rings is 1. The molecule has 0 spiro atoms. The lowest BCUT2D eigenvalue weighted by Crippen LogP contribution is -2.30. The van der Waals surface area contributed by atoms with Gasteiger partial charge in [0.15, 0.2) is 5.76 Å². The van der Waals surface area contributed by atoms with Gasteiger partial charge in [-0.2, -0.15) is 0 Å². The summed E-state index contributed by atoms with van der Waals surface area (Å²) in [6.45, 7) is 5.81. The van der Waals surface area contributed by atoms with E-state index in [0.29, 0.717) is 11.3 Å². The second-order valence-electron chi connectivity index (χ2n) is 5.94. The van der Waals surface area contributed by atoms with Crippen LogP contribution in [0.5, 0.6) is 0 Å². The lowest BCUT2D eigenvalue weighted by molar-refractivity contribution is 0.0934. The molecule has 114 valence electrons. The van der Waals surface area contributed by atoms with Crippen LogP contribution in [0.1, 0.15) is 31.1 Å². The molecule has 0 saturated heterocycles. The largest absolute Gasteiger partial charge is 0.410 e. The number of nitrogens with two attached hydrogens (primary N) is 1. The van der Waals surface area contributed by atoms with Gasteiger partial charge in [-0.3, -0.25) is 4.79 Å². The number of hydrogen-bond donors (Lipinski definition) is 1. The average Bonchev–Trinajstić information content (AvgIpc) is 2.35. The van der Waals surface area contributed by atoms with Gasteiger partial charge in [-0.25, -0.2) is 4.79 Å². The fraction of sp³-hybridized carbons (Fsp3) is 0.375. The van der Waals surface area contributed by atoms with Crippen molar-refractivity contribution < 1.29 is 14.3 Å². The second kappa shape index (κ2) is 6.43. The van der Waals surface area contributed by atoms with Crippen LogP contribution in [-0.4, -0.2) is 30.9 Å². The quantitative estimate of drug-likeness (QED) is 0.526. The van der Waals surface area contributed by atoms with E-state index < -0.39 is 11.5 Å². The minimum Gasteiger partial charge on any atom is -0.404 e. The molecule has 0 bridgehead atoms. The number of amides is 1. The Labute approximate surface area is 125 Å². The van der Waals surface area contributed by atoms with Crippen LogP contribution >= 0.6 is 0 Å². The van der Waals surface area contributed by atoms with Crippen molar-refractivity contribution in [1.29, 1.82) is 0 Å². The first kappa shape index (κ1) is 16.8. The molecule has 0 fully saturated rings. The van der Waals surface area contributed by atoms with Crippen molar-refractivity contribution in [3.05, 3.63) is 47.4 Å². The Kier molecular flexibility index (Phi) is 5.13. The van der Waals surface area contributed by atoms with Gasteiger partial charge in [-0.05, 0) is 0 Å². The Morgan fingerprint density at radius 1 is 1.10 bits per heavy atom. The monoisotopic (exact) mass is 290 g/mol. The van der Waals surface area contributed by atoms with Gasteiger partial charge in [0.2, 0.25) is 5.78 Å². The Balaban J connectivity index is 3.47. The summed E-state index contributed by atoms with van der Waals surface area (Å²) in [7, 11) is 3.59. The molecule has 1 rings (SSSR count). The van der Waals surface area contributed by atoms with Crippen molar-refractivity contribution in [2.24, 2.45) is 11.1 Å². The molecule has 0 aliphatic carbocycles. The molecule has 2 N–H and O–H groups in total. The summed E-state index contributed by atoms with van der Waals surface area (Å²) in [4.78, 5) is 25.6. The third-order valence-electron chi connectivity index (χ3n) is 2.82. The highest BCUT2D eigenvalue weighted by Gasteiger charge is 2.30. The van der Waals surface area contributed by atoms with Gasteiger partial charge in [0.05, 0.1) is 5.70 Å². The predicted octanol–water partition coefficient (Wildman–Crippen LogP) is 2.78. The van der Waals surface area contributed by atoms with E-state index in [0.717, 1.165) is 0 Å². The summed E-state index contributed by atoms with van der Waals surface area (Å²) in [6, 6.07) is 8.65. The van der Waals surface area contributed by atoms with Crippen molar-refractivity contribution >= 4 is 11.9 Å². The highest BCUT2D eigenvalue weighted by Crippen LogP contribution is 2.31. The Morgan fingerprint density at radius 3 is 2.00 bits per heavy atom. The molecule has 21 heavy (non-hydrogen) atoms. The number of nitrogens with zero attached hydrogens (tertiary/aromatic N) is 1. The van der Waals surface area contributed by atoms with Crippen molar-refractivity contribution in [3.63, 3.8) is 0 Å². The molecule has 0 aliphatic rings. The van der Waals surface area contributed by atoms with Gasteiger partial charge < -0.3 is 15.4 Å². The molecule has 5 heteroatoms. The SMILES string of the molecule is CN(C)/C(=C(/OC(N)=O)C(=O)c1ccccc1)C(C)(C)C. The molecule has 0 radical (unpaired) electrons. The lowest BCUT2D eigenvalue weighted by atomic mass is 9.88. The van der Waals surface area contributed by atoms with Gasteiger partial charge in [-0.1, -0.05) is 51.1 Å². The first-order chi connectivity index (χ1) is 9.64. The van der Waals surface area contributed by atoms with E-state index in [1.807, 2.05) is 26.8 Å². The minimum atomic E-state index is -1.00. The van der Waals surface area contributed by atoms with Crippen molar-refractivity contribution in [3.8, 4) is 0 Å². The van der Waals surface area contributed by atoms with E-state index in [1.54, 1.807) is 43.3 Å². The van der Waals surface area contributed by atoms with E-state index >= 15 is 0 Å². The molecule has 0 atom stereocenters. The summed E-state index contributed by atoms with van der Waals surface area (Å²) in [5.74, 6) is -0.403. The van der Waals surface area contributed by atoms with Gasteiger partial charge in [0, 0.05) is 25.1 Å². The smallest absolute Gasteiger partial charge is 0.404 e. The van der Waals surface area contributed by atoms with Crippen LogP contribution < -0.4 is 5.73 Å². The van der Waals surface area contributed by atoms with E-state index in [4.69, 9.17) is 10.5 Å². The highest BCUT2D eigenvalue weighted by atomic mass is 16.6. The molecule has 0 aromatic heterocycles. The molecule has 0 heterocycles. The van der Waals surface area contributed by atoms with Crippen LogP contribution in [0.2, 0.25) is 0 Å². The van der Waals surface area contributed by atoms with E-state index in [1.165, 1.54) is 0 Å². The number of carbonyl (C=O) groups excluding carboxylic acids is 2. The first-order valence-corrected chi connectivity index (χ1v) is 6.63. The number of primary amides is 1. The van der Waals surface area contributed by atoms with E-state index in [-0.39, 0.29) is 11.5 Å². The van der Waals surface area contributed by atoms with Crippen LogP contribution in [0, 0.1) is 5.41 Å². The van der Waals surface area contributed by atoms with Crippen LogP contribution in [0.25, 0.3) is 0 Å². The number of ether oxygens (including phenoxy) is 1. The van der Waals surface area contributed by atoms with Crippen molar-refractivity contribution in [2.45, 2.75) is 20.8 Å². The zero-order valence-electron chi connectivity index (χ0n) is 13.1. The van der Waals surface area contributed by atoms with Crippen LogP contribution in [-0.2, 0) is 4.74 Å².